The summed E-state index contributed by atoms with van der Waals surface area (Å²) < 4.78 is 5.22. The van der Waals surface area contributed by atoms with E-state index in [-0.39, 0.29) is 0 Å². The zero-order valence-electron chi connectivity index (χ0n) is 16.1. The number of unbranched alkanes of at least 4 members (excludes halogenated alkanes) is 8. The number of fused-ring (bicyclic) bond motifs is 2. The number of hydrogen-bond donors (Lipinski definition) is 1. The SMILES string of the molecule is CCCCCCCCCCCc1nc(C)cc2cc3[nH]c(=O)oc3cc12. The predicted octanol–water partition coefficient (Wildman–Crippen LogP) is 6.05. The number of aromatic amines is 1. The molecule has 0 aliphatic carbocycles. The molecule has 0 aliphatic rings. The molecular formula is C22H30N2O2. The molecule has 0 unspecified atom stereocenters. The van der Waals surface area contributed by atoms with Crippen molar-refractivity contribution in [1.82, 2.24) is 9.97 Å². The third-order valence-electron chi connectivity index (χ3n) is 5.09. The molecule has 4 nitrogen and oxygen atoms in total. The summed E-state index contributed by atoms with van der Waals surface area (Å²) in [5.41, 5.74) is 3.51. The number of H-pyrrole nitrogens is 1. The molecule has 1 aromatic carbocycles. The number of nitrogens with zero attached hydrogens (tertiary/aromatic N) is 1. The first-order chi connectivity index (χ1) is 12.7. The topological polar surface area (TPSA) is 58.9 Å². The highest BCUT2D eigenvalue weighted by Gasteiger charge is 2.09. The van der Waals surface area contributed by atoms with Crippen molar-refractivity contribution in [1.29, 1.82) is 0 Å². The van der Waals surface area contributed by atoms with Crippen molar-refractivity contribution in [2.75, 3.05) is 0 Å². The van der Waals surface area contributed by atoms with Gasteiger partial charge in [-0.3, -0.25) is 9.97 Å². The quantitative estimate of drug-likeness (QED) is 0.451. The lowest BCUT2D eigenvalue weighted by Gasteiger charge is -2.08. The van der Waals surface area contributed by atoms with Crippen LogP contribution in [-0.4, -0.2) is 9.97 Å². The van der Waals surface area contributed by atoms with E-state index in [1.165, 1.54) is 51.4 Å². The third kappa shape index (κ3) is 4.75. The minimum absolute atomic E-state index is 0.402. The van der Waals surface area contributed by atoms with E-state index in [2.05, 4.69) is 18.0 Å². The summed E-state index contributed by atoms with van der Waals surface area (Å²) in [5.74, 6) is -0.402. The predicted molar refractivity (Wildman–Crippen MR) is 108 cm³/mol. The van der Waals surface area contributed by atoms with E-state index in [4.69, 9.17) is 9.40 Å². The van der Waals surface area contributed by atoms with Crippen molar-refractivity contribution >= 4 is 21.9 Å². The number of oxazole rings is 1. The molecule has 0 fully saturated rings. The fourth-order valence-electron chi connectivity index (χ4n) is 3.71. The van der Waals surface area contributed by atoms with Crippen molar-refractivity contribution in [3.05, 3.63) is 40.1 Å². The Hall–Kier alpha value is -2.10. The van der Waals surface area contributed by atoms with E-state index in [0.717, 1.165) is 40.5 Å². The number of hydrogen-bond acceptors (Lipinski definition) is 3. The van der Waals surface area contributed by atoms with E-state index in [1.807, 2.05) is 19.1 Å². The highest BCUT2D eigenvalue weighted by atomic mass is 16.4. The van der Waals surface area contributed by atoms with Gasteiger partial charge < -0.3 is 4.42 Å². The highest BCUT2D eigenvalue weighted by Crippen LogP contribution is 2.25. The first-order valence-electron chi connectivity index (χ1n) is 10.1. The maximum atomic E-state index is 11.4. The summed E-state index contributed by atoms with van der Waals surface area (Å²) in [7, 11) is 0. The molecule has 1 N–H and O–H groups in total. The Balaban J connectivity index is 1.59. The summed E-state index contributed by atoms with van der Waals surface area (Å²) in [4.78, 5) is 18.9. The molecule has 2 aromatic heterocycles. The summed E-state index contributed by atoms with van der Waals surface area (Å²) in [6.07, 6.45) is 12.9. The van der Waals surface area contributed by atoms with Gasteiger partial charge in [0.15, 0.2) is 5.58 Å². The van der Waals surface area contributed by atoms with Crippen LogP contribution >= 0.6 is 0 Å². The maximum absolute atomic E-state index is 11.4. The molecular weight excluding hydrogens is 324 g/mol. The van der Waals surface area contributed by atoms with Gasteiger partial charge in [0.25, 0.3) is 0 Å². The molecule has 140 valence electrons. The highest BCUT2D eigenvalue weighted by molar-refractivity contribution is 5.95. The number of aromatic nitrogens is 2. The van der Waals surface area contributed by atoms with Crippen LogP contribution in [0, 0.1) is 6.92 Å². The van der Waals surface area contributed by atoms with E-state index in [9.17, 15) is 4.79 Å². The zero-order chi connectivity index (χ0) is 18.4. The summed E-state index contributed by atoms with van der Waals surface area (Å²) >= 11 is 0. The lowest BCUT2D eigenvalue weighted by molar-refractivity contribution is 0.555. The fourth-order valence-corrected chi connectivity index (χ4v) is 3.71. The Kier molecular flexibility index (Phi) is 6.48. The van der Waals surface area contributed by atoms with Crippen molar-refractivity contribution in [2.24, 2.45) is 0 Å². The van der Waals surface area contributed by atoms with E-state index >= 15 is 0 Å². The first-order valence-corrected chi connectivity index (χ1v) is 10.1. The molecule has 3 aromatic rings. The van der Waals surface area contributed by atoms with E-state index in [0.29, 0.717) is 5.58 Å². The largest absolute Gasteiger partial charge is 0.417 e. The van der Waals surface area contributed by atoms with E-state index in [1.54, 1.807) is 0 Å². The van der Waals surface area contributed by atoms with Gasteiger partial charge >= 0.3 is 5.76 Å². The van der Waals surface area contributed by atoms with Crippen molar-refractivity contribution in [2.45, 2.75) is 78.1 Å². The third-order valence-corrected chi connectivity index (χ3v) is 5.09. The second-order valence-electron chi connectivity index (χ2n) is 7.37. The van der Waals surface area contributed by atoms with Crippen molar-refractivity contribution < 1.29 is 4.42 Å². The Morgan fingerprint density at radius 3 is 2.38 bits per heavy atom. The number of nitrogens with one attached hydrogen (secondary N) is 1. The van der Waals surface area contributed by atoms with Crippen LogP contribution < -0.4 is 5.76 Å². The van der Waals surface area contributed by atoms with Gasteiger partial charge in [-0.15, -0.1) is 0 Å². The second kappa shape index (κ2) is 9.02. The minimum Gasteiger partial charge on any atom is -0.408 e. The summed E-state index contributed by atoms with van der Waals surface area (Å²) in [6, 6.07) is 6.02. The van der Waals surface area contributed by atoms with Crippen molar-refractivity contribution in [3.63, 3.8) is 0 Å². The van der Waals surface area contributed by atoms with Gasteiger partial charge in [-0.2, -0.15) is 0 Å². The van der Waals surface area contributed by atoms with Crippen LogP contribution in [0.15, 0.2) is 27.4 Å². The molecule has 0 radical (unpaired) electrons. The number of pyridine rings is 1. The van der Waals surface area contributed by atoms with Gasteiger partial charge in [-0.25, -0.2) is 4.79 Å². The molecule has 0 saturated carbocycles. The molecule has 0 atom stereocenters. The van der Waals surface area contributed by atoms with Crippen LogP contribution in [0.25, 0.3) is 21.9 Å². The zero-order valence-corrected chi connectivity index (χ0v) is 16.1. The molecule has 0 aliphatic heterocycles. The monoisotopic (exact) mass is 354 g/mol. The van der Waals surface area contributed by atoms with Crippen LogP contribution in [0.2, 0.25) is 0 Å². The van der Waals surface area contributed by atoms with Gasteiger partial charge in [0.1, 0.15) is 0 Å². The Morgan fingerprint density at radius 2 is 1.65 bits per heavy atom. The van der Waals surface area contributed by atoms with Crippen LogP contribution in [0.1, 0.15) is 76.1 Å². The first kappa shape index (κ1) is 18.7. The molecule has 2 heterocycles. The minimum atomic E-state index is -0.402. The summed E-state index contributed by atoms with van der Waals surface area (Å²) in [6.45, 7) is 4.29. The van der Waals surface area contributed by atoms with Crippen LogP contribution in [0.3, 0.4) is 0 Å². The smallest absolute Gasteiger partial charge is 0.408 e. The van der Waals surface area contributed by atoms with Gasteiger partial charge in [0.2, 0.25) is 0 Å². The van der Waals surface area contributed by atoms with Gasteiger partial charge in [-0.05, 0) is 43.4 Å². The second-order valence-corrected chi connectivity index (χ2v) is 7.37. The molecule has 0 saturated heterocycles. The number of rotatable bonds is 10. The molecule has 26 heavy (non-hydrogen) atoms. The molecule has 0 bridgehead atoms. The van der Waals surface area contributed by atoms with Gasteiger partial charge in [0, 0.05) is 16.8 Å². The Bertz CT molecular complexity index is 908. The molecule has 0 amide bonds. The molecule has 0 spiro atoms. The average Bonchev–Trinajstić information content (AvgIpc) is 2.97. The Morgan fingerprint density at radius 1 is 0.962 bits per heavy atom. The van der Waals surface area contributed by atoms with Crippen LogP contribution in [0.5, 0.6) is 0 Å². The lowest BCUT2D eigenvalue weighted by atomic mass is 10.0. The van der Waals surface area contributed by atoms with E-state index < -0.39 is 5.76 Å². The maximum Gasteiger partial charge on any atom is 0.417 e. The molecule has 3 rings (SSSR count). The number of benzene rings is 1. The Labute approximate surface area is 155 Å². The number of aryl methyl sites for hydroxylation is 2. The normalized spacial score (nSPS) is 11.6. The summed E-state index contributed by atoms with van der Waals surface area (Å²) in [5, 5.41) is 2.22. The van der Waals surface area contributed by atoms with Crippen LogP contribution in [-0.2, 0) is 6.42 Å². The van der Waals surface area contributed by atoms with Gasteiger partial charge in [-0.1, -0.05) is 58.3 Å². The fraction of sp³-hybridized carbons (Fsp3) is 0.545. The molecule has 4 heteroatoms. The van der Waals surface area contributed by atoms with Crippen molar-refractivity contribution in [3.8, 4) is 0 Å². The average molecular weight is 354 g/mol. The van der Waals surface area contributed by atoms with Crippen LogP contribution in [0.4, 0.5) is 0 Å². The lowest BCUT2D eigenvalue weighted by Crippen LogP contribution is -1.95. The standard InChI is InChI=1S/C22H30N2O2/c1-3-4-5-6-7-8-9-10-11-12-19-18-15-21-20(24-22(25)26-21)14-17(18)13-16(2)23-19/h13-15H,3-12H2,1-2H3,(H,24,25). The van der Waals surface area contributed by atoms with Gasteiger partial charge in [0.05, 0.1) is 5.52 Å².